The van der Waals surface area contributed by atoms with Crippen LogP contribution >= 0.6 is 0 Å². The van der Waals surface area contributed by atoms with Gasteiger partial charge in [0, 0.05) is 5.46 Å². The SMILES string of the molecule is CC(C)Oc1c(B2OC(C)(C)C(C)(C)O2)cc(F)cc1[N+](=O)[O-]. The van der Waals surface area contributed by atoms with Crippen LogP contribution in [0, 0.1) is 15.9 Å². The summed E-state index contributed by atoms with van der Waals surface area (Å²) in [7, 11) is -0.942. The molecule has 6 nitrogen and oxygen atoms in total. The van der Waals surface area contributed by atoms with Crippen molar-refractivity contribution < 1.29 is 23.4 Å². The lowest BCUT2D eigenvalue weighted by molar-refractivity contribution is -0.386. The lowest BCUT2D eigenvalue weighted by atomic mass is 9.78. The highest BCUT2D eigenvalue weighted by Gasteiger charge is 2.53. The summed E-state index contributed by atoms with van der Waals surface area (Å²) < 4.78 is 31.2. The molecule has 1 aromatic rings. The normalized spacial score (nSPS) is 19.2. The quantitative estimate of drug-likeness (QED) is 0.484. The fraction of sp³-hybridized carbons (Fsp3) is 0.600. The molecule has 126 valence electrons. The van der Waals surface area contributed by atoms with Crippen molar-refractivity contribution in [3.05, 3.63) is 28.1 Å². The van der Waals surface area contributed by atoms with Crippen LogP contribution < -0.4 is 10.2 Å². The first kappa shape index (κ1) is 17.7. The van der Waals surface area contributed by atoms with Crippen molar-refractivity contribution in [2.45, 2.75) is 58.8 Å². The fourth-order valence-electron chi connectivity index (χ4n) is 2.24. The predicted molar refractivity (Wildman–Crippen MR) is 84.5 cm³/mol. The minimum atomic E-state index is -0.942. The van der Waals surface area contributed by atoms with Crippen LogP contribution in [0.3, 0.4) is 0 Å². The number of nitro groups is 1. The molecule has 0 radical (unpaired) electrons. The molecule has 0 aliphatic carbocycles. The molecule has 1 aromatic carbocycles. The molecule has 0 atom stereocenters. The van der Waals surface area contributed by atoms with E-state index in [-0.39, 0.29) is 17.3 Å². The van der Waals surface area contributed by atoms with Crippen molar-refractivity contribution in [3.63, 3.8) is 0 Å². The summed E-state index contributed by atoms with van der Waals surface area (Å²) in [6, 6.07) is 2.00. The minimum Gasteiger partial charge on any atom is -0.484 e. The molecule has 0 unspecified atom stereocenters. The van der Waals surface area contributed by atoms with E-state index < -0.39 is 34.7 Å². The molecule has 1 saturated heterocycles. The van der Waals surface area contributed by atoms with Gasteiger partial charge < -0.3 is 14.0 Å². The minimum absolute atomic E-state index is 0.0232. The number of hydrogen-bond acceptors (Lipinski definition) is 5. The van der Waals surface area contributed by atoms with Crippen LogP contribution in [-0.4, -0.2) is 29.3 Å². The average Bonchev–Trinajstić information content (AvgIpc) is 2.59. The molecular weight excluding hydrogens is 304 g/mol. The zero-order valence-corrected chi connectivity index (χ0v) is 14.2. The van der Waals surface area contributed by atoms with Gasteiger partial charge in [0.2, 0.25) is 0 Å². The van der Waals surface area contributed by atoms with Crippen molar-refractivity contribution in [2.24, 2.45) is 0 Å². The monoisotopic (exact) mass is 325 g/mol. The average molecular weight is 325 g/mol. The molecular formula is C15H21BFNO5. The standard InChI is InChI=1S/C15H21BFNO5/c1-9(2)21-13-11(7-10(17)8-12(13)18(19)20)16-22-14(3,4)15(5,6)23-16/h7-9H,1-6H3. The van der Waals surface area contributed by atoms with E-state index in [1.807, 2.05) is 27.7 Å². The van der Waals surface area contributed by atoms with E-state index >= 15 is 0 Å². The topological polar surface area (TPSA) is 70.8 Å². The molecule has 0 aromatic heterocycles. The van der Waals surface area contributed by atoms with Gasteiger partial charge in [-0.15, -0.1) is 0 Å². The van der Waals surface area contributed by atoms with Crippen LogP contribution in [0.25, 0.3) is 0 Å². The van der Waals surface area contributed by atoms with E-state index in [2.05, 4.69) is 0 Å². The van der Waals surface area contributed by atoms with E-state index in [1.165, 1.54) is 0 Å². The van der Waals surface area contributed by atoms with Gasteiger partial charge in [-0.25, -0.2) is 4.39 Å². The molecule has 23 heavy (non-hydrogen) atoms. The number of hydrogen-bond donors (Lipinski definition) is 0. The van der Waals surface area contributed by atoms with Crippen molar-refractivity contribution in [2.75, 3.05) is 0 Å². The second-order valence-electron chi connectivity index (χ2n) is 6.86. The molecule has 1 fully saturated rings. The third-order valence-corrected chi connectivity index (χ3v) is 4.12. The number of nitrogens with zero attached hydrogens (tertiary/aromatic N) is 1. The summed E-state index contributed by atoms with van der Waals surface area (Å²) in [4.78, 5) is 10.6. The number of rotatable bonds is 4. The zero-order valence-electron chi connectivity index (χ0n) is 14.2. The largest absolute Gasteiger partial charge is 0.499 e. The first-order valence-electron chi connectivity index (χ1n) is 7.45. The molecule has 0 saturated carbocycles. The first-order chi connectivity index (χ1) is 10.4. The van der Waals surface area contributed by atoms with E-state index in [0.717, 1.165) is 12.1 Å². The lowest BCUT2D eigenvalue weighted by Gasteiger charge is -2.32. The second kappa shape index (κ2) is 5.76. The summed E-state index contributed by atoms with van der Waals surface area (Å²) in [6.07, 6.45) is -0.319. The van der Waals surface area contributed by atoms with Gasteiger partial charge in [-0.1, -0.05) is 0 Å². The van der Waals surface area contributed by atoms with Crippen LogP contribution in [0.5, 0.6) is 5.75 Å². The Morgan fingerprint density at radius 1 is 1.22 bits per heavy atom. The molecule has 1 heterocycles. The van der Waals surface area contributed by atoms with Gasteiger partial charge in [0.05, 0.1) is 28.3 Å². The van der Waals surface area contributed by atoms with Gasteiger partial charge >= 0.3 is 12.8 Å². The van der Waals surface area contributed by atoms with E-state index in [1.54, 1.807) is 13.8 Å². The maximum absolute atomic E-state index is 13.9. The van der Waals surface area contributed by atoms with Gasteiger partial charge in [-0.3, -0.25) is 10.1 Å². The summed E-state index contributed by atoms with van der Waals surface area (Å²) in [6.45, 7) is 10.9. The predicted octanol–water partition coefficient (Wildman–Crippen LogP) is 2.82. The highest BCUT2D eigenvalue weighted by Crippen LogP contribution is 2.38. The Bertz CT molecular complexity index is 617. The highest BCUT2D eigenvalue weighted by atomic mass is 19.1. The van der Waals surface area contributed by atoms with Crippen molar-refractivity contribution in [1.82, 2.24) is 0 Å². The number of ether oxygens (including phenoxy) is 1. The highest BCUT2D eigenvalue weighted by molar-refractivity contribution is 6.63. The number of halogens is 1. The molecule has 0 amide bonds. The molecule has 2 rings (SSSR count). The van der Waals surface area contributed by atoms with Gasteiger partial charge in [-0.05, 0) is 47.6 Å². The smallest absolute Gasteiger partial charge is 0.484 e. The van der Waals surface area contributed by atoms with E-state index in [0.29, 0.717) is 0 Å². The Morgan fingerprint density at radius 2 is 1.74 bits per heavy atom. The molecule has 8 heteroatoms. The summed E-state index contributed by atoms with van der Waals surface area (Å²) in [5.41, 5.74) is -1.55. The Morgan fingerprint density at radius 3 is 2.17 bits per heavy atom. The van der Waals surface area contributed by atoms with E-state index in [4.69, 9.17) is 14.0 Å². The summed E-state index contributed by atoms with van der Waals surface area (Å²) in [5, 5.41) is 11.3. The Hall–Kier alpha value is -1.67. The summed E-state index contributed by atoms with van der Waals surface area (Å²) >= 11 is 0. The molecule has 0 bridgehead atoms. The van der Waals surface area contributed by atoms with Crippen molar-refractivity contribution in [1.29, 1.82) is 0 Å². The maximum atomic E-state index is 13.9. The Labute approximate surface area is 135 Å². The van der Waals surface area contributed by atoms with Crippen molar-refractivity contribution in [3.8, 4) is 5.75 Å². The Kier molecular flexibility index (Phi) is 4.43. The van der Waals surface area contributed by atoms with Crippen LogP contribution in [0.4, 0.5) is 10.1 Å². The lowest BCUT2D eigenvalue weighted by Crippen LogP contribution is -2.41. The third kappa shape index (κ3) is 3.33. The van der Waals surface area contributed by atoms with Crippen LogP contribution in [0.2, 0.25) is 0 Å². The molecule has 0 spiro atoms. The first-order valence-corrected chi connectivity index (χ1v) is 7.45. The van der Waals surface area contributed by atoms with Gasteiger partial charge in [-0.2, -0.15) is 0 Å². The third-order valence-electron chi connectivity index (χ3n) is 4.12. The summed E-state index contributed by atoms with van der Waals surface area (Å²) in [5.74, 6) is -0.762. The van der Waals surface area contributed by atoms with Gasteiger partial charge in [0.15, 0.2) is 5.75 Å². The van der Waals surface area contributed by atoms with Crippen molar-refractivity contribution >= 4 is 18.3 Å². The fourth-order valence-corrected chi connectivity index (χ4v) is 2.24. The maximum Gasteiger partial charge on any atom is 0.499 e. The second-order valence-corrected chi connectivity index (χ2v) is 6.86. The van der Waals surface area contributed by atoms with Crippen LogP contribution in [0.1, 0.15) is 41.5 Å². The van der Waals surface area contributed by atoms with Crippen LogP contribution in [0.15, 0.2) is 12.1 Å². The van der Waals surface area contributed by atoms with Gasteiger partial charge in [0.1, 0.15) is 5.82 Å². The molecule has 1 aliphatic rings. The van der Waals surface area contributed by atoms with Crippen LogP contribution in [-0.2, 0) is 9.31 Å². The van der Waals surface area contributed by atoms with E-state index in [9.17, 15) is 14.5 Å². The zero-order chi connectivity index (χ0) is 17.6. The molecule has 0 N–H and O–H groups in total. The molecule has 1 aliphatic heterocycles. The number of benzene rings is 1. The van der Waals surface area contributed by atoms with Gasteiger partial charge in [0.25, 0.3) is 0 Å². The number of nitro benzene ring substituents is 1. The Balaban J connectivity index is 2.56.